The van der Waals surface area contributed by atoms with Crippen LogP contribution < -0.4 is 19.9 Å². The second kappa shape index (κ2) is 10.9. The van der Waals surface area contributed by atoms with Gasteiger partial charge in [0.05, 0.1) is 47.0 Å². The first-order chi connectivity index (χ1) is 20.0. The van der Waals surface area contributed by atoms with E-state index >= 15 is 0 Å². The lowest BCUT2D eigenvalue weighted by Crippen LogP contribution is -2.56. The van der Waals surface area contributed by atoms with Crippen LogP contribution in [0.2, 0.25) is 5.02 Å². The smallest absolute Gasteiger partial charge is 0.416 e. The van der Waals surface area contributed by atoms with Gasteiger partial charge in [0.25, 0.3) is 0 Å². The minimum absolute atomic E-state index is 0.0563. The summed E-state index contributed by atoms with van der Waals surface area (Å²) in [4.78, 5) is 30.3. The van der Waals surface area contributed by atoms with Gasteiger partial charge in [-0.2, -0.15) is 13.2 Å². The number of nitrogens with zero attached hydrogens (tertiary/aromatic N) is 5. The highest BCUT2D eigenvalue weighted by Gasteiger charge is 2.39. The molecular weight excluding hydrogens is 577 g/mol. The van der Waals surface area contributed by atoms with E-state index in [2.05, 4.69) is 25.2 Å². The Labute approximate surface area is 244 Å². The summed E-state index contributed by atoms with van der Waals surface area (Å²) < 4.78 is 57.2. The highest BCUT2D eigenvalue weighted by molar-refractivity contribution is 6.33. The Balaban J connectivity index is 1.23. The molecule has 2 atom stereocenters. The van der Waals surface area contributed by atoms with Gasteiger partial charge in [-0.3, -0.25) is 10.2 Å². The molecule has 0 radical (unpaired) electrons. The summed E-state index contributed by atoms with van der Waals surface area (Å²) in [6, 6.07) is 5.73. The Morgan fingerprint density at radius 2 is 2.02 bits per heavy atom. The predicted molar refractivity (Wildman–Crippen MR) is 149 cm³/mol. The maximum Gasteiger partial charge on any atom is 0.416 e. The van der Waals surface area contributed by atoms with Crippen LogP contribution in [0.4, 0.5) is 35.4 Å². The molecule has 1 aromatic carbocycles. The van der Waals surface area contributed by atoms with Crippen molar-refractivity contribution in [2.45, 2.75) is 50.8 Å². The molecule has 3 aliphatic heterocycles. The van der Waals surface area contributed by atoms with Crippen molar-refractivity contribution in [1.29, 1.82) is 0 Å². The van der Waals surface area contributed by atoms with Crippen molar-refractivity contribution in [3.8, 4) is 17.0 Å². The fraction of sp³-hybridized carbons (Fsp3) is 0.429. The number of halogens is 4. The fourth-order valence-corrected chi connectivity index (χ4v) is 5.64. The first-order valence-electron chi connectivity index (χ1n) is 13.5. The summed E-state index contributed by atoms with van der Waals surface area (Å²) in [6.45, 7) is 5.64. The highest BCUT2D eigenvalue weighted by atomic mass is 35.5. The molecule has 2 saturated heterocycles. The highest BCUT2D eigenvalue weighted by Crippen LogP contribution is 2.43. The van der Waals surface area contributed by atoms with Crippen LogP contribution in [0.3, 0.4) is 0 Å². The normalized spacial score (nSPS) is 21.2. The number of anilines is 3. The van der Waals surface area contributed by atoms with Gasteiger partial charge in [0.15, 0.2) is 17.4 Å². The molecular formula is C28H28ClF3N6O4. The third-order valence-electron chi connectivity index (χ3n) is 7.30. The van der Waals surface area contributed by atoms with Gasteiger partial charge in [0.1, 0.15) is 12.7 Å². The van der Waals surface area contributed by atoms with Crippen molar-refractivity contribution in [2.24, 2.45) is 0 Å². The molecule has 1 N–H and O–H groups in total. The molecule has 2 bridgehead atoms. The minimum Gasteiger partial charge on any atom is -0.488 e. The van der Waals surface area contributed by atoms with E-state index in [0.717, 1.165) is 31.5 Å². The molecule has 2 amide bonds. The Morgan fingerprint density at radius 3 is 2.74 bits per heavy atom. The van der Waals surface area contributed by atoms with Crippen molar-refractivity contribution in [1.82, 2.24) is 15.0 Å². The first kappa shape index (κ1) is 28.4. The number of ether oxygens (including phenoxy) is 3. The van der Waals surface area contributed by atoms with Crippen LogP contribution in [0.15, 0.2) is 42.7 Å². The molecule has 2 aromatic heterocycles. The van der Waals surface area contributed by atoms with Crippen molar-refractivity contribution in [3.63, 3.8) is 0 Å². The van der Waals surface area contributed by atoms with Crippen molar-refractivity contribution in [3.05, 3.63) is 53.3 Å². The van der Waals surface area contributed by atoms with Crippen molar-refractivity contribution in [2.75, 3.05) is 41.4 Å². The number of nitrogens with one attached hydrogen (secondary N) is 1. The Morgan fingerprint density at radius 1 is 1.24 bits per heavy atom. The van der Waals surface area contributed by atoms with Crippen LogP contribution in [0, 0.1) is 0 Å². The lowest BCUT2D eigenvalue weighted by molar-refractivity contribution is -0.141. The number of amides is 2. The van der Waals surface area contributed by atoms with E-state index in [4.69, 9.17) is 25.8 Å². The summed E-state index contributed by atoms with van der Waals surface area (Å²) in [5.41, 5.74) is 0.162. The number of rotatable bonds is 5. The summed E-state index contributed by atoms with van der Waals surface area (Å²) in [5, 5.41) is 2.91. The summed E-state index contributed by atoms with van der Waals surface area (Å²) in [6.07, 6.45) is -0.294. The van der Waals surface area contributed by atoms with Gasteiger partial charge in [-0.25, -0.2) is 19.7 Å². The third-order valence-corrected chi connectivity index (χ3v) is 7.59. The minimum atomic E-state index is -4.53. The largest absolute Gasteiger partial charge is 0.488 e. The first-order valence-corrected chi connectivity index (χ1v) is 13.8. The molecule has 10 nitrogen and oxygen atoms in total. The van der Waals surface area contributed by atoms with Gasteiger partial charge in [-0.05, 0) is 44.9 Å². The SMILES string of the molecule is CC1(C)OC[C@@H](COc2cnc(NC(=O)N3c4nc(-c5cccc(C(F)(F)F)c5)c(Cl)cc4N4CCCC3C4)nc2)O1. The quantitative estimate of drug-likeness (QED) is 0.392. The number of fused-ring (bicyclic) bond motifs is 4. The maximum absolute atomic E-state index is 13.6. The second-order valence-electron chi connectivity index (χ2n) is 10.8. The van der Waals surface area contributed by atoms with E-state index in [-0.39, 0.29) is 41.0 Å². The van der Waals surface area contributed by atoms with Gasteiger partial charge in [0, 0.05) is 18.7 Å². The zero-order valence-electron chi connectivity index (χ0n) is 22.8. The van der Waals surface area contributed by atoms with E-state index in [1.54, 1.807) is 6.07 Å². The maximum atomic E-state index is 13.6. The number of piperidine rings is 1. The number of carbonyl (C=O) groups is 1. The molecule has 0 saturated carbocycles. The summed E-state index contributed by atoms with van der Waals surface area (Å²) in [7, 11) is 0. The van der Waals surface area contributed by atoms with Gasteiger partial charge < -0.3 is 19.1 Å². The number of pyridine rings is 1. The number of hydrogen-bond acceptors (Lipinski definition) is 8. The predicted octanol–water partition coefficient (Wildman–Crippen LogP) is 5.76. The average molecular weight is 605 g/mol. The molecule has 222 valence electrons. The Kier molecular flexibility index (Phi) is 7.36. The summed E-state index contributed by atoms with van der Waals surface area (Å²) in [5.74, 6) is 0.104. The number of urea groups is 1. The van der Waals surface area contributed by atoms with Crippen LogP contribution in [-0.4, -0.2) is 65.2 Å². The van der Waals surface area contributed by atoms with Crippen LogP contribution in [0.1, 0.15) is 32.3 Å². The monoisotopic (exact) mass is 604 g/mol. The number of alkyl halides is 3. The second-order valence-corrected chi connectivity index (χ2v) is 11.2. The van der Waals surface area contributed by atoms with E-state index in [1.807, 2.05) is 13.8 Å². The molecule has 0 spiro atoms. The molecule has 42 heavy (non-hydrogen) atoms. The van der Waals surface area contributed by atoms with Crippen LogP contribution >= 0.6 is 11.6 Å². The third kappa shape index (κ3) is 5.81. The molecule has 3 aromatic rings. The molecule has 0 aliphatic carbocycles. The number of aromatic nitrogens is 3. The van der Waals surface area contributed by atoms with Crippen molar-refractivity contribution < 1.29 is 32.2 Å². The standard InChI is InChI=1S/C28H28ClF3N6O4/c1-27(2)41-15-20(42-27)14-40-19-11-33-25(34-12-19)36-26(39)38-18-7-4-8-37(13-18)22-10-21(29)23(35-24(22)38)16-5-3-6-17(9-16)28(30,31)32/h3,5-6,9-12,18,20H,4,7-8,13-15H2,1-2H3,(H,33,34,36,39)/t18?,20-/m1/s1. The van der Waals surface area contributed by atoms with E-state index < -0.39 is 23.6 Å². The van der Waals surface area contributed by atoms with Crippen LogP contribution in [0.25, 0.3) is 11.3 Å². The summed E-state index contributed by atoms with van der Waals surface area (Å²) >= 11 is 6.56. The number of carbonyl (C=O) groups excluding carboxylic acids is 1. The molecule has 6 rings (SSSR count). The fourth-order valence-electron chi connectivity index (χ4n) is 5.39. The molecule has 1 unspecified atom stereocenters. The van der Waals surface area contributed by atoms with Crippen LogP contribution in [-0.2, 0) is 15.7 Å². The van der Waals surface area contributed by atoms with Crippen molar-refractivity contribution >= 4 is 35.1 Å². The zero-order chi connectivity index (χ0) is 29.6. The molecule has 14 heteroatoms. The van der Waals surface area contributed by atoms with Gasteiger partial charge in [-0.15, -0.1) is 0 Å². The van der Waals surface area contributed by atoms with E-state index in [9.17, 15) is 18.0 Å². The Bertz CT molecular complexity index is 1490. The Hall–Kier alpha value is -3.68. The van der Waals surface area contributed by atoms with Gasteiger partial charge >= 0.3 is 12.2 Å². The molecule has 3 aliphatic rings. The average Bonchev–Trinajstić information content (AvgIpc) is 3.31. The molecule has 5 heterocycles. The van der Waals surface area contributed by atoms with E-state index in [1.165, 1.54) is 29.4 Å². The van der Waals surface area contributed by atoms with Gasteiger partial charge in [-0.1, -0.05) is 23.7 Å². The lowest BCUT2D eigenvalue weighted by Gasteiger charge is -2.45. The lowest BCUT2D eigenvalue weighted by atomic mass is 9.99. The molecule has 2 fully saturated rings. The zero-order valence-corrected chi connectivity index (χ0v) is 23.6. The van der Waals surface area contributed by atoms with E-state index in [0.29, 0.717) is 30.4 Å². The number of hydrogen-bond donors (Lipinski definition) is 1. The number of benzene rings is 1. The van der Waals surface area contributed by atoms with Gasteiger partial charge in [0.2, 0.25) is 5.95 Å². The topological polar surface area (TPSA) is 102 Å². The van der Waals surface area contributed by atoms with Crippen LogP contribution in [0.5, 0.6) is 5.75 Å².